The van der Waals surface area contributed by atoms with Gasteiger partial charge in [0.05, 0.1) is 0 Å². The topological polar surface area (TPSA) is 49.4 Å². The molecule has 106 valence electrons. The zero-order valence-electron chi connectivity index (χ0n) is 10.9. The van der Waals surface area contributed by atoms with Crippen LogP contribution in [0.2, 0.25) is 0 Å². The van der Waals surface area contributed by atoms with Gasteiger partial charge in [-0.15, -0.1) is 11.6 Å². The van der Waals surface area contributed by atoms with E-state index in [0.29, 0.717) is 19.0 Å². The first kappa shape index (κ1) is 14.6. The van der Waals surface area contributed by atoms with E-state index >= 15 is 0 Å². The molecule has 0 aromatic carbocycles. The summed E-state index contributed by atoms with van der Waals surface area (Å²) in [5, 5.41) is 0.224. The number of nitrogens with one attached hydrogen (secondary N) is 1. The number of halogens is 1. The molecule has 1 aliphatic heterocycles. The lowest BCUT2D eigenvalue weighted by Crippen LogP contribution is -2.48. The predicted octanol–water partition coefficient (Wildman–Crippen LogP) is 2.10. The van der Waals surface area contributed by atoms with Crippen molar-refractivity contribution in [2.75, 3.05) is 13.1 Å². The normalized spacial score (nSPS) is 32.6. The molecule has 2 fully saturated rings. The summed E-state index contributed by atoms with van der Waals surface area (Å²) in [5.41, 5.74) is 0. The molecule has 0 aromatic rings. The van der Waals surface area contributed by atoms with E-state index in [0.717, 1.165) is 38.5 Å². The molecule has 0 unspecified atom stereocenters. The Hall–Kier alpha value is 0.160. The first-order chi connectivity index (χ1) is 8.47. The van der Waals surface area contributed by atoms with E-state index in [1.54, 1.807) is 4.31 Å². The van der Waals surface area contributed by atoms with E-state index in [1.165, 1.54) is 0 Å². The van der Waals surface area contributed by atoms with Crippen molar-refractivity contribution >= 4 is 21.8 Å². The van der Waals surface area contributed by atoms with Gasteiger partial charge in [-0.1, -0.05) is 6.92 Å². The number of hydrogen-bond donors (Lipinski definition) is 1. The van der Waals surface area contributed by atoms with Gasteiger partial charge >= 0.3 is 0 Å². The summed E-state index contributed by atoms with van der Waals surface area (Å²) in [6.07, 6.45) is 5.47. The van der Waals surface area contributed by atoms with Crippen LogP contribution in [0.1, 0.15) is 45.4 Å². The Balaban J connectivity index is 1.87. The highest BCUT2D eigenvalue weighted by atomic mass is 35.5. The monoisotopic (exact) mass is 294 g/mol. The van der Waals surface area contributed by atoms with E-state index in [2.05, 4.69) is 11.6 Å². The smallest absolute Gasteiger partial charge is 0.199 e. The Labute approximate surface area is 115 Å². The fourth-order valence-corrected chi connectivity index (χ4v) is 4.43. The predicted molar refractivity (Wildman–Crippen MR) is 73.9 cm³/mol. The van der Waals surface area contributed by atoms with Gasteiger partial charge in [-0.25, -0.2) is 0 Å². The van der Waals surface area contributed by atoms with Gasteiger partial charge in [0.25, 0.3) is 10.2 Å². The van der Waals surface area contributed by atoms with Gasteiger partial charge in [0.1, 0.15) is 0 Å². The third kappa shape index (κ3) is 3.83. The lowest BCUT2D eigenvalue weighted by Gasteiger charge is -2.32. The molecule has 1 N–H and O–H groups in total. The van der Waals surface area contributed by atoms with Crippen molar-refractivity contribution < 1.29 is 8.42 Å². The van der Waals surface area contributed by atoms with Crippen LogP contribution in [0.15, 0.2) is 0 Å². The minimum absolute atomic E-state index is 0.0735. The van der Waals surface area contributed by atoms with E-state index in [4.69, 9.17) is 11.6 Å². The van der Waals surface area contributed by atoms with E-state index in [1.807, 2.05) is 0 Å². The third-order valence-corrected chi connectivity index (χ3v) is 6.17. The molecule has 1 saturated carbocycles. The molecule has 1 heterocycles. The van der Waals surface area contributed by atoms with Crippen molar-refractivity contribution in [2.45, 2.75) is 56.9 Å². The average Bonchev–Trinajstić information content (AvgIpc) is 2.32. The van der Waals surface area contributed by atoms with Gasteiger partial charge in [-0.2, -0.15) is 17.4 Å². The van der Waals surface area contributed by atoms with Crippen LogP contribution in [0.5, 0.6) is 0 Å². The summed E-state index contributed by atoms with van der Waals surface area (Å²) < 4.78 is 28.9. The third-order valence-electron chi connectivity index (χ3n) is 4.05. The van der Waals surface area contributed by atoms with Gasteiger partial charge in [-0.3, -0.25) is 0 Å². The van der Waals surface area contributed by atoms with Crippen molar-refractivity contribution in [1.82, 2.24) is 9.03 Å². The lowest BCUT2D eigenvalue weighted by atomic mass is 9.96. The van der Waals surface area contributed by atoms with Crippen LogP contribution in [-0.2, 0) is 10.2 Å². The van der Waals surface area contributed by atoms with Gasteiger partial charge in [-0.05, 0) is 44.4 Å². The molecular formula is C12H23ClN2O2S. The molecule has 0 atom stereocenters. The molecule has 0 amide bonds. The quantitative estimate of drug-likeness (QED) is 0.811. The number of nitrogens with zero attached hydrogens (tertiary/aromatic N) is 1. The fraction of sp³-hybridized carbons (Fsp3) is 1.00. The maximum Gasteiger partial charge on any atom is 0.279 e. The van der Waals surface area contributed by atoms with Crippen molar-refractivity contribution in [3.05, 3.63) is 0 Å². The summed E-state index contributed by atoms with van der Waals surface area (Å²) in [6, 6.07) is 0.0735. The van der Waals surface area contributed by atoms with Gasteiger partial charge < -0.3 is 0 Å². The first-order valence-electron chi connectivity index (χ1n) is 6.89. The Kier molecular flexibility index (Phi) is 4.92. The maximum atomic E-state index is 12.2. The van der Waals surface area contributed by atoms with Crippen LogP contribution >= 0.6 is 11.6 Å². The van der Waals surface area contributed by atoms with Gasteiger partial charge in [0, 0.05) is 24.5 Å². The molecule has 6 heteroatoms. The molecule has 18 heavy (non-hydrogen) atoms. The van der Waals surface area contributed by atoms with Crippen LogP contribution in [0.4, 0.5) is 0 Å². The van der Waals surface area contributed by atoms with Gasteiger partial charge in [0.15, 0.2) is 0 Å². The standard InChI is InChI=1S/C12H23ClN2O2S/c1-10-6-8-15(9-7-10)18(16,17)14-12-4-2-11(13)3-5-12/h10-12,14H,2-9H2,1H3. The van der Waals surface area contributed by atoms with Crippen LogP contribution < -0.4 is 4.72 Å². The van der Waals surface area contributed by atoms with Gasteiger partial charge in [0.2, 0.25) is 0 Å². The molecular weight excluding hydrogens is 272 g/mol. The zero-order valence-corrected chi connectivity index (χ0v) is 12.5. The number of rotatable bonds is 3. The minimum atomic E-state index is -3.28. The second-order valence-electron chi connectivity index (χ2n) is 5.65. The summed E-state index contributed by atoms with van der Waals surface area (Å²) in [5.74, 6) is 0.642. The summed E-state index contributed by atoms with van der Waals surface area (Å²) in [6.45, 7) is 3.49. The molecule has 2 aliphatic rings. The zero-order chi connectivity index (χ0) is 13.2. The fourth-order valence-electron chi connectivity index (χ4n) is 2.68. The Morgan fingerprint density at radius 3 is 2.17 bits per heavy atom. The van der Waals surface area contributed by atoms with E-state index in [9.17, 15) is 8.42 Å². The highest BCUT2D eigenvalue weighted by molar-refractivity contribution is 7.87. The largest absolute Gasteiger partial charge is 0.279 e. The number of piperidine rings is 1. The Bertz CT molecular complexity index is 358. The average molecular weight is 295 g/mol. The molecule has 0 spiro atoms. The van der Waals surface area contributed by atoms with Crippen LogP contribution in [0, 0.1) is 5.92 Å². The van der Waals surface area contributed by atoms with Crippen LogP contribution in [0.25, 0.3) is 0 Å². The van der Waals surface area contributed by atoms with E-state index < -0.39 is 10.2 Å². The molecule has 1 saturated heterocycles. The highest BCUT2D eigenvalue weighted by Gasteiger charge is 2.30. The minimum Gasteiger partial charge on any atom is -0.199 e. The van der Waals surface area contributed by atoms with Crippen molar-refractivity contribution in [2.24, 2.45) is 5.92 Å². The van der Waals surface area contributed by atoms with E-state index in [-0.39, 0.29) is 11.4 Å². The van der Waals surface area contributed by atoms with Crippen molar-refractivity contribution in [3.8, 4) is 0 Å². The van der Waals surface area contributed by atoms with Crippen molar-refractivity contribution in [3.63, 3.8) is 0 Å². The summed E-state index contributed by atoms with van der Waals surface area (Å²) >= 11 is 6.03. The SMILES string of the molecule is CC1CCN(S(=O)(=O)NC2CCC(Cl)CC2)CC1. The molecule has 0 bridgehead atoms. The summed E-state index contributed by atoms with van der Waals surface area (Å²) in [7, 11) is -3.28. The molecule has 1 aliphatic carbocycles. The number of hydrogen-bond acceptors (Lipinski definition) is 2. The van der Waals surface area contributed by atoms with Crippen LogP contribution in [-0.4, -0.2) is 37.2 Å². The lowest BCUT2D eigenvalue weighted by molar-refractivity contribution is 0.280. The maximum absolute atomic E-state index is 12.2. The molecule has 2 rings (SSSR count). The second kappa shape index (κ2) is 6.07. The molecule has 0 aromatic heterocycles. The van der Waals surface area contributed by atoms with Crippen LogP contribution in [0.3, 0.4) is 0 Å². The Morgan fingerprint density at radius 1 is 1.06 bits per heavy atom. The second-order valence-corrected chi connectivity index (χ2v) is 7.97. The summed E-state index contributed by atoms with van der Waals surface area (Å²) in [4.78, 5) is 0. The Morgan fingerprint density at radius 2 is 1.61 bits per heavy atom. The molecule has 4 nitrogen and oxygen atoms in total. The first-order valence-corrected chi connectivity index (χ1v) is 8.76. The highest BCUT2D eigenvalue weighted by Crippen LogP contribution is 2.24. The number of alkyl halides is 1. The van der Waals surface area contributed by atoms with Crippen molar-refractivity contribution in [1.29, 1.82) is 0 Å². The molecule has 0 radical (unpaired) electrons.